The van der Waals surface area contributed by atoms with Crippen LogP contribution in [-0.4, -0.2) is 57.8 Å². The van der Waals surface area contributed by atoms with Gasteiger partial charge in [-0.1, -0.05) is 12.1 Å². The van der Waals surface area contributed by atoms with Gasteiger partial charge in [-0.25, -0.2) is 9.97 Å². The number of thiazole rings is 2. The molecule has 1 aromatic carbocycles. The van der Waals surface area contributed by atoms with Gasteiger partial charge in [0.1, 0.15) is 17.1 Å². The molecule has 3 heterocycles. The highest BCUT2D eigenvalue weighted by molar-refractivity contribution is 7.15. The smallest absolute Gasteiger partial charge is 0.274 e. The van der Waals surface area contributed by atoms with Crippen molar-refractivity contribution in [3.05, 3.63) is 57.9 Å². The number of carbonyl (C=O) groups is 2. The third-order valence-corrected chi connectivity index (χ3v) is 7.83. The van der Waals surface area contributed by atoms with E-state index >= 15 is 0 Å². The predicted molar refractivity (Wildman–Crippen MR) is 138 cm³/mol. The lowest BCUT2D eigenvalue weighted by Crippen LogP contribution is -2.40. The van der Waals surface area contributed by atoms with Crippen LogP contribution >= 0.6 is 22.7 Å². The Hall–Kier alpha value is -3.24. The molecule has 0 aliphatic heterocycles. The Kier molecular flexibility index (Phi) is 6.57. The summed E-state index contributed by atoms with van der Waals surface area (Å²) in [5, 5.41) is 5.72. The monoisotopic (exact) mass is 509 g/mol. The highest BCUT2D eigenvalue weighted by Gasteiger charge is 2.30. The second kappa shape index (κ2) is 9.79. The zero-order chi connectivity index (χ0) is 24.5. The third-order valence-electron chi connectivity index (χ3n) is 6.05. The van der Waals surface area contributed by atoms with Gasteiger partial charge in [0.25, 0.3) is 11.8 Å². The van der Waals surface area contributed by atoms with Crippen molar-refractivity contribution in [3.8, 4) is 16.2 Å². The van der Waals surface area contributed by atoms with Gasteiger partial charge in [-0.2, -0.15) is 0 Å². The van der Waals surface area contributed by atoms with E-state index in [4.69, 9.17) is 4.74 Å². The summed E-state index contributed by atoms with van der Waals surface area (Å²) in [6.07, 6.45) is 4.10. The van der Waals surface area contributed by atoms with Crippen molar-refractivity contribution in [2.24, 2.45) is 5.92 Å². The van der Waals surface area contributed by atoms with Crippen molar-refractivity contribution >= 4 is 39.4 Å². The Morgan fingerprint density at radius 2 is 2.09 bits per heavy atom. The lowest BCUT2D eigenvalue weighted by atomic mass is 10.1. The molecule has 5 rings (SSSR count). The van der Waals surface area contributed by atoms with Crippen molar-refractivity contribution in [2.45, 2.75) is 26.7 Å². The normalized spacial score (nSPS) is 13.2. The van der Waals surface area contributed by atoms with Crippen molar-refractivity contribution in [2.75, 3.05) is 26.7 Å². The summed E-state index contributed by atoms with van der Waals surface area (Å²) in [5.41, 5.74) is 2.60. The average molecular weight is 510 g/mol. The largest absolute Gasteiger partial charge is 0.497 e. The fourth-order valence-electron chi connectivity index (χ4n) is 4.13. The molecule has 0 bridgehead atoms. The summed E-state index contributed by atoms with van der Waals surface area (Å²) in [4.78, 5) is 39.1. The van der Waals surface area contributed by atoms with Crippen molar-refractivity contribution in [1.82, 2.24) is 24.6 Å². The molecule has 1 N–H and O–H groups in total. The molecule has 0 unspecified atom stereocenters. The van der Waals surface area contributed by atoms with Crippen LogP contribution in [0.5, 0.6) is 5.75 Å². The molecule has 1 fully saturated rings. The van der Waals surface area contributed by atoms with Crippen LogP contribution in [0.15, 0.2) is 35.8 Å². The number of aromatic nitrogens is 3. The maximum Gasteiger partial charge on any atom is 0.274 e. The fourth-order valence-corrected chi connectivity index (χ4v) is 5.79. The van der Waals surface area contributed by atoms with Crippen molar-refractivity contribution in [3.63, 3.8) is 0 Å². The summed E-state index contributed by atoms with van der Waals surface area (Å²) < 4.78 is 7.18. The van der Waals surface area contributed by atoms with Crippen molar-refractivity contribution in [1.29, 1.82) is 0 Å². The first kappa shape index (κ1) is 23.5. The first-order chi connectivity index (χ1) is 16.9. The SMILES string of the molecule is COc1cccc(-c2sc(C)nc2C(=O)N(CCNC(=O)c2c(C)nc3sccn23)CC2CC2)c1. The molecule has 8 nitrogen and oxygen atoms in total. The number of nitrogens with zero attached hydrogens (tertiary/aromatic N) is 4. The van der Waals surface area contributed by atoms with E-state index in [0.29, 0.717) is 42.6 Å². The number of hydrogen-bond donors (Lipinski definition) is 1. The van der Waals surface area contributed by atoms with Gasteiger partial charge in [-0.05, 0) is 50.3 Å². The Morgan fingerprint density at radius 3 is 2.86 bits per heavy atom. The minimum Gasteiger partial charge on any atom is -0.497 e. The molecule has 0 atom stereocenters. The molecule has 35 heavy (non-hydrogen) atoms. The number of amides is 2. The van der Waals surface area contributed by atoms with E-state index in [9.17, 15) is 9.59 Å². The average Bonchev–Trinajstić information content (AvgIpc) is 3.26. The molecule has 10 heteroatoms. The van der Waals surface area contributed by atoms with Gasteiger partial charge in [0.05, 0.1) is 22.7 Å². The fraction of sp³-hybridized carbons (Fsp3) is 0.360. The standard InChI is InChI=1S/C25H27N5O3S2/c1-15-21(30-11-12-34-25(30)27-15)23(31)26-9-10-29(14-17-7-8-17)24(32)20-22(35-16(2)28-20)18-5-4-6-19(13-18)33-3/h4-6,11-13,17H,7-10,14H2,1-3H3,(H,26,31). The van der Waals surface area contributed by atoms with Gasteiger partial charge >= 0.3 is 0 Å². The number of carbonyl (C=O) groups excluding carboxylic acids is 2. The highest BCUT2D eigenvalue weighted by Crippen LogP contribution is 2.34. The first-order valence-corrected chi connectivity index (χ1v) is 13.3. The molecule has 1 aliphatic rings. The molecule has 0 saturated heterocycles. The molecule has 182 valence electrons. The van der Waals surface area contributed by atoms with Crippen LogP contribution in [0.3, 0.4) is 0 Å². The van der Waals surface area contributed by atoms with Gasteiger partial charge in [0.15, 0.2) is 4.96 Å². The third kappa shape index (κ3) is 4.94. The number of methoxy groups -OCH3 is 1. The molecular weight excluding hydrogens is 482 g/mol. The summed E-state index contributed by atoms with van der Waals surface area (Å²) in [7, 11) is 1.63. The molecule has 0 spiro atoms. The molecule has 4 aromatic rings. The second-order valence-corrected chi connectivity index (χ2v) is 10.8. The second-order valence-electron chi connectivity index (χ2n) is 8.69. The lowest BCUT2D eigenvalue weighted by Gasteiger charge is -2.22. The number of imidazole rings is 1. The van der Waals surface area contributed by atoms with Gasteiger partial charge in [-0.3, -0.25) is 14.0 Å². The van der Waals surface area contributed by atoms with Crippen LogP contribution in [0.1, 0.15) is 44.5 Å². The number of hydrogen-bond acceptors (Lipinski definition) is 7. The number of benzene rings is 1. The van der Waals surface area contributed by atoms with Gasteiger partial charge in [0.2, 0.25) is 0 Å². The summed E-state index contributed by atoms with van der Waals surface area (Å²) >= 11 is 3.00. The zero-order valence-corrected chi connectivity index (χ0v) is 21.5. The van der Waals surface area contributed by atoms with E-state index in [1.807, 2.05) is 54.6 Å². The predicted octanol–water partition coefficient (Wildman–Crippen LogP) is 4.43. The maximum absolute atomic E-state index is 13.7. The van der Waals surface area contributed by atoms with E-state index in [1.54, 1.807) is 11.5 Å². The Labute approximate surface area is 211 Å². The van der Waals surface area contributed by atoms with Gasteiger partial charge in [0, 0.05) is 31.2 Å². The van der Waals surface area contributed by atoms with Crippen molar-refractivity contribution < 1.29 is 14.3 Å². The molecule has 0 radical (unpaired) electrons. The lowest BCUT2D eigenvalue weighted by molar-refractivity contribution is 0.0736. The molecule has 1 aliphatic carbocycles. The van der Waals surface area contributed by atoms with Crippen LogP contribution in [0.25, 0.3) is 15.4 Å². The van der Waals surface area contributed by atoms with Crippen LogP contribution in [0.4, 0.5) is 0 Å². The number of fused-ring (bicyclic) bond motifs is 1. The van der Waals surface area contributed by atoms with Gasteiger partial charge < -0.3 is 15.0 Å². The van der Waals surface area contributed by atoms with Crippen LogP contribution in [0, 0.1) is 19.8 Å². The van der Waals surface area contributed by atoms with Crippen LogP contribution in [-0.2, 0) is 0 Å². The number of aryl methyl sites for hydroxylation is 2. The summed E-state index contributed by atoms with van der Waals surface area (Å²) in [6.45, 7) is 5.19. The van der Waals surface area contributed by atoms with E-state index in [-0.39, 0.29) is 11.8 Å². The Bertz CT molecular complexity index is 1380. The van der Waals surface area contributed by atoms with E-state index in [2.05, 4.69) is 15.3 Å². The summed E-state index contributed by atoms with van der Waals surface area (Å²) in [5.74, 6) is 0.958. The van der Waals surface area contributed by atoms with E-state index < -0.39 is 0 Å². The Morgan fingerprint density at radius 1 is 1.26 bits per heavy atom. The van der Waals surface area contributed by atoms with Crippen LogP contribution < -0.4 is 10.1 Å². The minimum atomic E-state index is -0.186. The van der Waals surface area contributed by atoms with Gasteiger partial charge in [-0.15, -0.1) is 22.7 Å². The molecule has 2 amide bonds. The zero-order valence-electron chi connectivity index (χ0n) is 19.9. The maximum atomic E-state index is 13.7. The molecular formula is C25H27N5O3S2. The van der Waals surface area contributed by atoms with E-state index in [0.717, 1.165) is 39.0 Å². The van der Waals surface area contributed by atoms with E-state index in [1.165, 1.54) is 22.7 Å². The Balaban J connectivity index is 1.33. The summed E-state index contributed by atoms with van der Waals surface area (Å²) in [6, 6.07) is 7.69. The number of ether oxygens (including phenoxy) is 1. The molecule has 3 aromatic heterocycles. The quantitative estimate of drug-likeness (QED) is 0.361. The minimum absolute atomic E-state index is 0.103. The highest BCUT2D eigenvalue weighted by atomic mass is 32.1. The van der Waals surface area contributed by atoms with Crippen LogP contribution in [0.2, 0.25) is 0 Å². The number of nitrogens with one attached hydrogen (secondary N) is 1. The number of rotatable bonds is 9. The molecule has 1 saturated carbocycles. The first-order valence-electron chi connectivity index (χ1n) is 11.6. The topological polar surface area (TPSA) is 88.8 Å².